The largest absolute Gasteiger partial charge is 0.370 e. The summed E-state index contributed by atoms with van der Waals surface area (Å²) in [6, 6.07) is 3.86. The molecule has 0 aliphatic carbocycles. The minimum absolute atomic E-state index is 0.00802. The molecule has 5 heteroatoms. The van der Waals surface area contributed by atoms with Crippen molar-refractivity contribution in [1.29, 1.82) is 0 Å². The average molecular weight is 236 g/mol. The van der Waals surface area contributed by atoms with E-state index in [4.69, 9.17) is 0 Å². The Hall–Kier alpha value is -1.78. The topological polar surface area (TPSA) is 57.3 Å². The van der Waals surface area contributed by atoms with E-state index in [2.05, 4.69) is 15.6 Å². The summed E-state index contributed by atoms with van der Waals surface area (Å²) in [6.07, 6.45) is 1.75. The fourth-order valence-corrected chi connectivity index (χ4v) is 1.53. The van der Waals surface area contributed by atoms with E-state index >= 15 is 0 Å². The van der Waals surface area contributed by atoms with Crippen molar-refractivity contribution in [3.05, 3.63) is 18.3 Å². The van der Waals surface area contributed by atoms with Gasteiger partial charge in [-0.05, 0) is 19.9 Å². The zero-order chi connectivity index (χ0) is 12.7. The van der Waals surface area contributed by atoms with Crippen LogP contribution in [0.1, 0.15) is 13.8 Å². The van der Waals surface area contributed by atoms with E-state index < -0.39 is 0 Å². The van der Waals surface area contributed by atoms with Gasteiger partial charge in [0, 0.05) is 38.1 Å². The molecule has 1 rings (SSSR count). The van der Waals surface area contributed by atoms with Crippen LogP contribution in [0.25, 0.3) is 0 Å². The monoisotopic (exact) mass is 236 g/mol. The second-order valence-electron chi connectivity index (χ2n) is 3.62. The van der Waals surface area contributed by atoms with Crippen LogP contribution in [0.3, 0.4) is 0 Å². The summed E-state index contributed by atoms with van der Waals surface area (Å²) < 4.78 is 0. The van der Waals surface area contributed by atoms with E-state index in [-0.39, 0.29) is 5.91 Å². The van der Waals surface area contributed by atoms with Crippen LogP contribution < -0.4 is 15.5 Å². The molecule has 17 heavy (non-hydrogen) atoms. The number of aromatic nitrogens is 1. The van der Waals surface area contributed by atoms with Gasteiger partial charge in [0.2, 0.25) is 5.91 Å². The minimum atomic E-state index is 0.00802. The van der Waals surface area contributed by atoms with Gasteiger partial charge in [0.05, 0.1) is 6.54 Å². The molecule has 1 aromatic rings. The predicted octanol–water partition coefficient (Wildman–Crippen LogP) is 1.09. The number of nitrogens with zero attached hydrogens (tertiary/aromatic N) is 2. The minimum Gasteiger partial charge on any atom is -0.370 e. The number of nitrogens with one attached hydrogen (secondary N) is 2. The van der Waals surface area contributed by atoms with Crippen LogP contribution >= 0.6 is 0 Å². The lowest BCUT2D eigenvalue weighted by Crippen LogP contribution is -2.35. The zero-order valence-electron chi connectivity index (χ0n) is 10.7. The van der Waals surface area contributed by atoms with Crippen molar-refractivity contribution >= 4 is 17.4 Å². The molecule has 0 unspecified atom stereocenters. The van der Waals surface area contributed by atoms with Gasteiger partial charge in [-0.2, -0.15) is 0 Å². The van der Waals surface area contributed by atoms with Gasteiger partial charge >= 0.3 is 0 Å². The normalized spacial score (nSPS) is 9.82. The van der Waals surface area contributed by atoms with E-state index in [1.165, 1.54) is 0 Å². The Balaban J connectivity index is 2.80. The SMILES string of the molecule is CCNc1cc(N(CC)CC(=O)NC)ccn1. The van der Waals surface area contributed by atoms with E-state index in [1.807, 2.05) is 30.9 Å². The summed E-state index contributed by atoms with van der Waals surface area (Å²) in [5.41, 5.74) is 1.00. The van der Waals surface area contributed by atoms with Crippen molar-refractivity contribution in [2.45, 2.75) is 13.8 Å². The third kappa shape index (κ3) is 3.94. The van der Waals surface area contributed by atoms with Gasteiger partial charge in [-0.25, -0.2) is 4.98 Å². The Morgan fingerprint density at radius 3 is 2.82 bits per heavy atom. The van der Waals surface area contributed by atoms with Gasteiger partial charge in [-0.1, -0.05) is 0 Å². The molecular weight excluding hydrogens is 216 g/mol. The van der Waals surface area contributed by atoms with Crippen LogP contribution in [0.15, 0.2) is 18.3 Å². The standard InChI is InChI=1S/C12H20N4O/c1-4-14-11-8-10(6-7-15-11)16(5-2)9-12(17)13-3/h6-8H,4-5,9H2,1-3H3,(H,13,17)(H,14,15). The Morgan fingerprint density at radius 2 is 2.24 bits per heavy atom. The molecule has 0 aliphatic heterocycles. The molecule has 1 amide bonds. The molecule has 0 saturated heterocycles. The van der Waals surface area contributed by atoms with Crippen molar-refractivity contribution < 1.29 is 4.79 Å². The van der Waals surface area contributed by atoms with Crippen molar-refractivity contribution in [1.82, 2.24) is 10.3 Å². The van der Waals surface area contributed by atoms with Gasteiger partial charge < -0.3 is 15.5 Å². The molecule has 1 heterocycles. The third-order valence-electron chi connectivity index (χ3n) is 2.46. The van der Waals surface area contributed by atoms with Crippen molar-refractivity contribution in [2.24, 2.45) is 0 Å². The summed E-state index contributed by atoms with van der Waals surface area (Å²) in [7, 11) is 1.65. The number of rotatable bonds is 6. The van der Waals surface area contributed by atoms with Crippen LogP contribution in [0.2, 0.25) is 0 Å². The molecule has 0 spiro atoms. The van der Waals surface area contributed by atoms with Crippen molar-refractivity contribution in [2.75, 3.05) is 36.9 Å². The van der Waals surface area contributed by atoms with Gasteiger partial charge in [0.15, 0.2) is 0 Å². The number of amides is 1. The summed E-state index contributed by atoms with van der Waals surface area (Å²) in [6.45, 7) is 6.02. The molecule has 0 fully saturated rings. The molecule has 1 aromatic heterocycles. The summed E-state index contributed by atoms with van der Waals surface area (Å²) in [5, 5.41) is 5.78. The number of carbonyl (C=O) groups excluding carboxylic acids is 1. The highest BCUT2D eigenvalue weighted by Crippen LogP contribution is 2.16. The van der Waals surface area contributed by atoms with Gasteiger partial charge in [0.1, 0.15) is 5.82 Å². The van der Waals surface area contributed by atoms with Crippen LogP contribution in [-0.2, 0) is 4.79 Å². The highest BCUT2D eigenvalue weighted by atomic mass is 16.1. The predicted molar refractivity (Wildman–Crippen MR) is 70.4 cm³/mol. The molecule has 0 atom stereocenters. The molecular formula is C12H20N4O. The number of hydrogen-bond acceptors (Lipinski definition) is 4. The number of pyridine rings is 1. The Kier molecular flexibility index (Phi) is 5.26. The molecule has 0 bridgehead atoms. The molecule has 0 saturated carbocycles. The van der Waals surface area contributed by atoms with Crippen LogP contribution in [0.5, 0.6) is 0 Å². The zero-order valence-corrected chi connectivity index (χ0v) is 10.7. The Labute approximate surface area is 102 Å². The lowest BCUT2D eigenvalue weighted by atomic mass is 10.3. The van der Waals surface area contributed by atoms with Gasteiger partial charge in [-0.3, -0.25) is 4.79 Å². The van der Waals surface area contributed by atoms with Gasteiger partial charge in [0.25, 0.3) is 0 Å². The fraction of sp³-hybridized carbons (Fsp3) is 0.500. The van der Waals surface area contributed by atoms with Crippen molar-refractivity contribution in [3.63, 3.8) is 0 Å². The molecule has 2 N–H and O–H groups in total. The number of likely N-dealkylation sites (N-methyl/N-ethyl adjacent to an activating group) is 2. The van der Waals surface area contributed by atoms with Crippen LogP contribution in [-0.4, -0.2) is 37.6 Å². The van der Waals surface area contributed by atoms with Crippen LogP contribution in [0, 0.1) is 0 Å². The Morgan fingerprint density at radius 1 is 1.47 bits per heavy atom. The van der Waals surface area contributed by atoms with E-state index in [9.17, 15) is 4.79 Å². The highest BCUT2D eigenvalue weighted by molar-refractivity contribution is 5.81. The first kappa shape index (κ1) is 13.3. The summed E-state index contributed by atoms with van der Waals surface area (Å²) in [4.78, 5) is 17.6. The quantitative estimate of drug-likeness (QED) is 0.776. The van der Waals surface area contributed by atoms with E-state index in [1.54, 1.807) is 13.2 Å². The second kappa shape index (κ2) is 6.73. The lowest BCUT2D eigenvalue weighted by molar-refractivity contribution is -0.119. The second-order valence-corrected chi connectivity index (χ2v) is 3.62. The molecule has 0 aromatic carbocycles. The number of anilines is 2. The molecule has 94 valence electrons. The average Bonchev–Trinajstić information content (AvgIpc) is 2.36. The highest BCUT2D eigenvalue weighted by Gasteiger charge is 2.09. The first-order valence-corrected chi connectivity index (χ1v) is 5.86. The maximum Gasteiger partial charge on any atom is 0.239 e. The smallest absolute Gasteiger partial charge is 0.239 e. The van der Waals surface area contributed by atoms with Crippen molar-refractivity contribution in [3.8, 4) is 0 Å². The van der Waals surface area contributed by atoms with Crippen LogP contribution in [0.4, 0.5) is 11.5 Å². The maximum atomic E-state index is 11.4. The molecule has 0 aliphatic rings. The summed E-state index contributed by atoms with van der Waals surface area (Å²) >= 11 is 0. The summed E-state index contributed by atoms with van der Waals surface area (Å²) in [5.74, 6) is 0.842. The first-order valence-electron chi connectivity index (χ1n) is 5.86. The maximum absolute atomic E-state index is 11.4. The Bertz CT molecular complexity index is 367. The molecule has 0 radical (unpaired) electrons. The number of carbonyl (C=O) groups is 1. The lowest BCUT2D eigenvalue weighted by Gasteiger charge is -2.22. The van der Waals surface area contributed by atoms with Gasteiger partial charge in [-0.15, -0.1) is 0 Å². The molecule has 5 nitrogen and oxygen atoms in total. The van der Waals surface area contributed by atoms with E-state index in [0.717, 1.165) is 24.6 Å². The fourth-order valence-electron chi connectivity index (χ4n) is 1.53. The number of hydrogen-bond donors (Lipinski definition) is 2. The third-order valence-corrected chi connectivity index (χ3v) is 2.46. The van der Waals surface area contributed by atoms with E-state index in [0.29, 0.717) is 6.54 Å². The first-order chi connectivity index (χ1) is 8.21.